The van der Waals surface area contributed by atoms with Gasteiger partial charge in [0.05, 0.1) is 12.6 Å². The van der Waals surface area contributed by atoms with Crippen molar-refractivity contribution in [3.05, 3.63) is 18.0 Å². The molecule has 1 aromatic heterocycles. The van der Waals surface area contributed by atoms with Gasteiger partial charge in [0.25, 0.3) is 0 Å². The number of nitrogens with one attached hydrogen (secondary N) is 2. The molecule has 0 aromatic carbocycles. The Bertz CT molecular complexity index is 304. The summed E-state index contributed by atoms with van der Waals surface area (Å²) in [4.78, 5) is 11.7. The monoisotopic (exact) mass is 209 g/mol. The fourth-order valence-electron chi connectivity index (χ4n) is 1.71. The minimum atomic E-state index is -0.0364. The van der Waals surface area contributed by atoms with Gasteiger partial charge in [-0.05, 0) is 19.4 Å². The first-order valence-corrected chi connectivity index (χ1v) is 5.26. The Morgan fingerprint density at radius 2 is 2.60 bits per heavy atom. The maximum atomic E-state index is 11.7. The molecular weight excluding hydrogens is 194 g/mol. The Balaban J connectivity index is 1.76. The van der Waals surface area contributed by atoms with Crippen LogP contribution >= 0.6 is 0 Å². The second-order valence-corrected chi connectivity index (χ2v) is 3.71. The van der Waals surface area contributed by atoms with Gasteiger partial charge in [-0.25, -0.2) is 0 Å². The SMILES string of the molecule is O=C(NCc1ccon1)[C@@H]1CCCCN1. The van der Waals surface area contributed by atoms with Crippen LogP contribution < -0.4 is 10.6 Å². The van der Waals surface area contributed by atoms with Crippen LogP contribution in [0.5, 0.6) is 0 Å². The number of nitrogens with zero attached hydrogens (tertiary/aromatic N) is 1. The molecule has 1 aliphatic heterocycles. The molecule has 0 saturated carbocycles. The maximum Gasteiger partial charge on any atom is 0.237 e. The molecule has 0 spiro atoms. The average Bonchev–Trinajstić information content (AvgIpc) is 2.80. The second-order valence-electron chi connectivity index (χ2n) is 3.71. The van der Waals surface area contributed by atoms with Gasteiger partial charge in [0.1, 0.15) is 12.0 Å². The molecule has 1 fully saturated rings. The Morgan fingerprint density at radius 3 is 3.27 bits per heavy atom. The molecule has 1 saturated heterocycles. The minimum absolute atomic E-state index is 0.0364. The first-order chi connectivity index (χ1) is 7.36. The fourth-order valence-corrected chi connectivity index (χ4v) is 1.71. The summed E-state index contributed by atoms with van der Waals surface area (Å²) in [7, 11) is 0. The van der Waals surface area contributed by atoms with E-state index in [4.69, 9.17) is 0 Å². The van der Waals surface area contributed by atoms with Crippen LogP contribution in [0.15, 0.2) is 16.9 Å². The fraction of sp³-hybridized carbons (Fsp3) is 0.600. The lowest BCUT2D eigenvalue weighted by Crippen LogP contribution is -2.46. The average molecular weight is 209 g/mol. The summed E-state index contributed by atoms with van der Waals surface area (Å²) in [5.74, 6) is 0.0534. The van der Waals surface area contributed by atoms with Crippen molar-refractivity contribution in [2.45, 2.75) is 31.8 Å². The van der Waals surface area contributed by atoms with E-state index in [2.05, 4.69) is 20.3 Å². The van der Waals surface area contributed by atoms with Crippen molar-refractivity contribution in [2.24, 2.45) is 0 Å². The smallest absolute Gasteiger partial charge is 0.237 e. The highest BCUT2D eigenvalue weighted by Gasteiger charge is 2.19. The molecule has 1 amide bonds. The molecule has 1 aliphatic rings. The van der Waals surface area contributed by atoms with Gasteiger partial charge in [-0.15, -0.1) is 0 Å². The molecule has 0 bridgehead atoms. The predicted octanol–water partition coefficient (Wildman–Crippen LogP) is 0.433. The maximum absolute atomic E-state index is 11.7. The van der Waals surface area contributed by atoms with E-state index in [1.54, 1.807) is 6.07 Å². The topological polar surface area (TPSA) is 67.2 Å². The lowest BCUT2D eigenvalue weighted by Gasteiger charge is -2.22. The van der Waals surface area contributed by atoms with Gasteiger partial charge in [0, 0.05) is 6.07 Å². The van der Waals surface area contributed by atoms with E-state index >= 15 is 0 Å². The molecule has 0 aliphatic carbocycles. The molecular formula is C10H15N3O2. The highest BCUT2D eigenvalue weighted by Crippen LogP contribution is 2.06. The van der Waals surface area contributed by atoms with E-state index < -0.39 is 0 Å². The molecule has 0 unspecified atom stereocenters. The van der Waals surface area contributed by atoms with Crippen molar-refractivity contribution in [2.75, 3.05) is 6.54 Å². The number of carbonyl (C=O) groups excluding carboxylic acids is 1. The number of aromatic nitrogens is 1. The number of hydrogen-bond acceptors (Lipinski definition) is 4. The van der Waals surface area contributed by atoms with Crippen molar-refractivity contribution in [3.8, 4) is 0 Å². The van der Waals surface area contributed by atoms with Gasteiger partial charge >= 0.3 is 0 Å². The largest absolute Gasteiger partial charge is 0.364 e. The second kappa shape index (κ2) is 4.93. The van der Waals surface area contributed by atoms with Crippen LogP contribution in [0, 0.1) is 0 Å². The summed E-state index contributed by atoms with van der Waals surface area (Å²) in [5, 5.41) is 9.75. The summed E-state index contributed by atoms with van der Waals surface area (Å²) < 4.78 is 4.68. The van der Waals surface area contributed by atoms with Gasteiger partial charge < -0.3 is 15.2 Å². The number of rotatable bonds is 3. The Morgan fingerprint density at radius 1 is 1.67 bits per heavy atom. The number of carbonyl (C=O) groups is 1. The van der Waals surface area contributed by atoms with Crippen LogP contribution in [0.3, 0.4) is 0 Å². The third-order valence-electron chi connectivity index (χ3n) is 2.56. The zero-order chi connectivity index (χ0) is 10.5. The predicted molar refractivity (Wildman–Crippen MR) is 54.0 cm³/mol. The first kappa shape index (κ1) is 10.2. The quantitative estimate of drug-likeness (QED) is 0.757. The van der Waals surface area contributed by atoms with Crippen LogP contribution in [0.4, 0.5) is 0 Å². The molecule has 2 N–H and O–H groups in total. The summed E-state index contributed by atoms with van der Waals surface area (Å²) >= 11 is 0. The molecule has 1 atom stereocenters. The molecule has 15 heavy (non-hydrogen) atoms. The number of amides is 1. The van der Waals surface area contributed by atoms with Gasteiger partial charge in [-0.1, -0.05) is 11.6 Å². The van der Waals surface area contributed by atoms with Crippen molar-refractivity contribution < 1.29 is 9.32 Å². The highest BCUT2D eigenvalue weighted by atomic mass is 16.5. The number of hydrogen-bond donors (Lipinski definition) is 2. The van der Waals surface area contributed by atoms with E-state index in [1.165, 1.54) is 6.26 Å². The normalized spacial score (nSPS) is 21.2. The van der Waals surface area contributed by atoms with E-state index in [0.29, 0.717) is 6.54 Å². The van der Waals surface area contributed by atoms with E-state index in [-0.39, 0.29) is 11.9 Å². The zero-order valence-corrected chi connectivity index (χ0v) is 8.53. The van der Waals surface area contributed by atoms with Crippen molar-refractivity contribution in [1.29, 1.82) is 0 Å². The molecule has 5 heteroatoms. The van der Waals surface area contributed by atoms with Crippen molar-refractivity contribution >= 4 is 5.91 Å². The Kier molecular flexibility index (Phi) is 3.34. The molecule has 2 rings (SSSR count). The molecule has 1 aromatic rings. The van der Waals surface area contributed by atoms with E-state index in [0.717, 1.165) is 31.5 Å². The molecule has 2 heterocycles. The summed E-state index contributed by atoms with van der Waals surface area (Å²) in [6, 6.07) is 1.71. The lowest BCUT2D eigenvalue weighted by molar-refractivity contribution is -0.123. The molecule has 5 nitrogen and oxygen atoms in total. The zero-order valence-electron chi connectivity index (χ0n) is 8.53. The summed E-state index contributed by atoms with van der Waals surface area (Å²) in [5.41, 5.74) is 0.749. The van der Waals surface area contributed by atoms with Crippen LogP contribution in [-0.4, -0.2) is 23.7 Å². The van der Waals surface area contributed by atoms with Gasteiger partial charge in [0.15, 0.2) is 0 Å². The highest BCUT2D eigenvalue weighted by molar-refractivity contribution is 5.81. The number of piperidine rings is 1. The van der Waals surface area contributed by atoms with E-state index in [9.17, 15) is 4.79 Å². The first-order valence-electron chi connectivity index (χ1n) is 5.26. The summed E-state index contributed by atoms with van der Waals surface area (Å²) in [6.07, 6.45) is 4.70. The van der Waals surface area contributed by atoms with Crippen LogP contribution in [0.2, 0.25) is 0 Å². The lowest BCUT2D eigenvalue weighted by atomic mass is 10.0. The van der Waals surface area contributed by atoms with Gasteiger partial charge in [0.2, 0.25) is 5.91 Å². The third kappa shape index (κ3) is 2.79. The Hall–Kier alpha value is -1.36. The Labute approximate surface area is 88.2 Å². The molecule has 82 valence electrons. The van der Waals surface area contributed by atoms with Gasteiger partial charge in [-0.3, -0.25) is 4.79 Å². The van der Waals surface area contributed by atoms with Crippen LogP contribution in [0.1, 0.15) is 25.0 Å². The third-order valence-corrected chi connectivity index (χ3v) is 2.56. The van der Waals surface area contributed by atoms with Crippen LogP contribution in [0.25, 0.3) is 0 Å². The molecule has 0 radical (unpaired) electrons. The van der Waals surface area contributed by atoms with E-state index in [1.807, 2.05) is 0 Å². The minimum Gasteiger partial charge on any atom is -0.364 e. The standard InChI is InChI=1S/C10H15N3O2/c14-10(9-3-1-2-5-11-9)12-7-8-4-6-15-13-8/h4,6,9,11H,1-3,5,7H2,(H,12,14)/t9-/m0/s1. The van der Waals surface area contributed by atoms with Crippen LogP contribution in [-0.2, 0) is 11.3 Å². The van der Waals surface area contributed by atoms with Crippen molar-refractivity contribution in [3.63, 3.8) is 0 Å². The van der Waals surface area contributed by atoms with Gasteiger partial charge in [-0.2, -0.15) is 0 Å². The summed E-state index contributed by atoms with van der Waals surface area (Å²) in [6.45, 7) is 1.37. The van der Waals surface area contributed by atoms with Crippen molar-refractivity contribution in [1.82, 2.24) is 15.8 Å².